The molecule has 2 heteroatoms. The van der Waals surface area contributed by atoms with Crippen molar-refractivity contribution >= 4 is 10.9 Å². The molecule has 0 radical (unpaired) electrons. The third-order valence-corrected chi connectivity index (χ3v) is 5.46. The maximum Gasteiger partial charge on any atom is 0.0485 e. The molecule has 2 aromatic rings. The van der Waals surface area contributed by atoms with Crippen molar-refractivity contribution in [3.05, 3.63) is 47.7 Å². The molecule has 2 nitrogen and oxygen atoms in total. The monoisotopic (exact) mass is 326 g/mol. The summed E-state index contributed by atoms with van der Waals surface area (Å²) >= 11 is 0. The molecule has 0 spiro atoms. The van der Waals surface area contributed by atoms with E-state index in [4.69, 9.17) is 0 Å². The van der Waals surface area contributed by atoms with Crippen molar-refractivity contribution < 1.29 is 0 Å². The van der Waals surface area contributed by atoms with E-state index >= 15 is 0 Å². The largest absolute Gasteiger partial charge is 0.345 e. The Hall–Kier alpha value is -1.54. The predicted octanol–water partition coefficient (Wildman–Crippen LogP) is 5.57. The van der Waals surface area contributed by atoms with Crippen LogP contribution in [0.5, 0.6) is 0 Å². The van der Waals surface area contributed by atoms with Crippen LogP contribution in [-0.4, -0.2) is 18.2 Å². The highest BCUT2D eigenvalue weighted by Crippen LogP contribution is 2.31. The molecule has 24 heavy (non-hydrogen) atoms. The van der Waals surface area contributed by atoms with Crippen LogP contribution in [0.25, 0.3) is 10.9 Å². The molecule has 0 bridgehead atoms. The van der Waals surface area contributed by atoms with Gasteiger partial charge in [0.15, 0.2) is 0 Å². The van der Waals surface area contributed by atoms with Crippen molar-refractivity contribution in [3.8, 4) is 0 Å². The van der Waals surface area contributed by atoms with Gasteiger partial charge in [0.2, 0.25) is 0 Å². The lowest BCUT2D eigenvalue weighted by atomic mass is 9.92. The highest BCUT2D eigenvalue weighted by molar-refractivity contribution is 5.86. The summed E-state index contributed by atoms with van der Waals surface area (Å²) in [4.78, 5) is 0. The second kappa shape index (κ2) is 8.53. The Balaban J connectivity index is 2.38. The second-order valence-corrected chi connectivity index (χ2v) is 7.21. The van der Waals surface area contributed by atoms with Crippen molar-refractivity contribution in [2.24, 2.45) is 5.92 Å². The summed E-state index contributed by atoms with van der Waals surface area (Å²) in [7, 11) is 2.05. The van der Waals surface area contributed by atoms with Gasteiger partial charge in [-0.15, -0.1) is 6.58 Å². The van der Waals surface area contributed by atoms with E-state index in [-0.39, 0.29) is 0 Å². The molecule has 2 unspecified atom stereocenters. The lowest BCUT2D eigenvalue weighted by Gasteiger charge is -2.19. The molecule has 0 amide bonds. The number of aryl methyl sites for hydroxylation is 2. The van der Waals surface area contributed by atoms with Crippen molar-refractivity contribution in [1.82, 2.24) is 9.88 Å². The average Bonchev–Trinajstić information content (AvgIpc) is 2.89. The Kier molecular flexibility index (Phi) is 6.68. The van der Waals surface area contributed by atoms with Crippen LogP contribution < -0.4 is 5.32 Å². The second-order valence-electron chi connectivity index (χ2n) is 7.21. The van der Waals surface area contributed by atoms with Gasteiger partial charge < -0.3 is 9.88 Å². The lowest BCUT2D eigenvalue weighted by molar-refractivity contribution is 0.406. The minimum Gasteiger partial charge on any atom is -0.345 e. The molecule has 0 saturated carbocycles. The Morgan fingerprint density at radius 3 is 2.67 bits per heavy atom. The number of hydrogen-bond donors (Lipinski definition) is 1. The molecule has 0 aliphatic heterocycles. The zero-order valence-corrected chi connectivity index (χ0v) is 16.2. The fourth-order valence-corrected chi connectivity index (χ4v) is 3.78. The van der Waals surface area contributed by atoms with Crippen LogP contribution in [0.4, 0.5) is 0 Å². The highest BCUT2D eigenvalue weighted by Gasteiger charge is 2.16. The first-order valence-corrected chi connectivity index (χ1v) is 9.38. The van der Waals surface area contributed by atoms with Crippen molar-refractivity contribution in [2.75, 3.05) is 13.6 Å². The summed E-state index contributed by atoms with van der Waals surface area (Å²) in [6.07, 6.45) is 5.50. The normalized spacial score (nSPS) is 14.0. The summed E-state index contributed by atoms with van der Waals surface area (Å²) in [6.45, 7) is 15.1. The summed E-state index contributed by atoms with van der Waals surface area (Å²) in [6, 6.07) is 7.06. The summed E-state index contributed by atoms with van der Waals surface area (Å²) < 4.78 is 2.51. The van der Waals surface area contributed by atoms with Gasteiger partial charge in [0.25, 0.3) is 0 Å². The Morgan fingerprint density at radius 2 is 2.04 bits per heavy atom. The predicted molar refractivity (Wildman–Crippen MR) is 107 cm³/mol. The molecule has 0 fully saturated rings. The summed E-state index contributed by atoms with van der Waals surface area (Å²) in [5, 5.41) is 4.78. The SMILES string of the molecule is C=CCCC(CNC)Cn1c(C)cc2c(C)c(C(C)CC)ccc21. The number of benzene rings is 1. The van der Waals surface area contributed by atoms with Gasteiger partial charge in [-0.3, -0.25) is 0 Å². The number of hydrogen-bond acceptors (Lipinski definition) is 1. The molecule has 132 valence electrons. The fourth-order valence-electron chi connectivity index (χ4n) is 3.78. The minimum absolute atomic E-state index is 0.627. The van der Waals surface area contributed by atoms with Gasteiger partial charge in [-0.25, -0.2) is 0 Å². The topological polar surface area (TPSA) is 17.0 Å². The number of nitrogens with zero attached hydrogens (tertiary/aromatic N) is 1. The van der Waals surface area contributed by atoms with Crippen LogP contribution in [0.15, 0.2) is 30.9 Å². The maximum atomic E-state index is 3.88. The zero-order chi connectivity index (χ0) is 17.7. The summed E-state index contributed by atoms with van der Waals surface area (Å²) in [5.41, 5.74) is 5.71. The zero-order valence-electron chi connectivity index (χ0n) is 16.2. The van der Waals surface area contributed by atoms with Gasteiger partial charge in [-0.2, -0.15) is 0 Å². The van der Waals surface area contributed by atoms with Gasteiger partial charge >= 0.3 is 0 Å². The van der Waals surface area contributed by atoms with E-state index < -0.39 is 0 Å². The molecule has 2 rings (SSSR count). The Bertz CT molecular complexity index is 681. The molecule has 0 aliphatic carbocycles. The maximum absolute atomic E-state index is 3.88. The van der Waals surface area contributed by atoms with Crippen LogP contribution in [-0.2, 0) is 6.54 Å². The molecule has 1 N–H and O–H groups in total. The third kappa shape index (κ3) is 3.92. The fraction of sp³-hybridized carbons (Fsp3) is 0.545. The summed E-state index contributed by atoms with van der Waals surface area (Å²) in [5.74, 6) is 1.26. The quantitative estimate of drug-likeness (QED) is 0.596. The van der Waals surface area contributed by atoms with Gasteiger partial charge in [0.1, 0.15) is 0 Å². The average molecular weight is 327 g/mol. The molecule has 1 heterocycles. The molecular weight excluding hydrogens is 292 g/mol. The first-order valence-electron chi connectivity index (χ1n) is 9.38. The molecular formula is C22H34N2. The molecule has 1 aromatic carbocycles. The van der Waals surface area contributed by atoms with E-state index in [1.165, 1.54) is 40.6 Å². The van der Waals surface area contributed by atoms with Crippen molar-refractivity contribution in [1.29, 1.82) is 0 Å². The molecule has 0 saturated heterocycles. The number of nitrogens with one attached hydrogen (secondary N) is 1. The van der Waals surface area contributed by atoms with Crippen molar-refractivity contribution in [3.63, 3.8) is 0 Å². The molecule has 2 atom stereocenters. The Morgan fingerprint density at radius 1 is 1.29 bits per heavy atom. The van der Waals surface area contributed by atoms with Crippen LogP contribution in [0, 0.1) is 19.8 Å². The smallest absolute Gasteiger partial charge is 0.0485 e. The van der Waals surface area contributed by atoms with Gasteiger partial charge in [0, 0.05) is 23.1 Å². The molecule has 1 aromatic heterocycles. The van der Waals surface area contributed by atoms with Gasteiger partial charge in [-0.05, 0) is 81.8 Å². The van der Waals surface area contributed by atoms with Gasteiger partial charge in [0.05, 0.1) is 0 Å². The lowest BCUT2D eigenvalue weighted by Crippen LogP contribution is -2.23. The van der Waals surface area contributed by atoms with E-state index in [1.807, 2.05) is 13.1 Å². The van der Waals surface area contributed by atoms with E-state index in [0.29, 0.717) is 11.8 Å². The van der Waals surface area contributed by atoms with E-state index in [2.05, 4.69) is 62.4 Å². The number of allylic oxidation sites excluding steroid dienone is 1. The van der Waals surface area contributed by atoms with Crippen molar-refractivity contribution in [2.45, 2.75) is 59.4 Å². The number of fused-ring (bicyclic) bond motifs is 1. The van der Waals surface area contributed by atoms with E-state index in [1.54, 1.807) is 0 Å². The standard InChI is InChI=1S/C22H34N2/c1-7-9-10-19(14-23-6)15-24-17(4)13-21-18(5)20(16(3)8-2)11-12-22(21)24/h7,11-13,16,19,23H,1,8-10,14-15H2,2-6H3. The number of aromatic nitrogens is 1. The van der Waals surface area contributed by atoms with Crippen LogP contribution >= 0.6 is 0 Å². The van der Waals surface area contributed by atoms with Gasteiger partial charge in [-0.1, -0.05) is 26.0 Å². The highest BCUT2D eigenvalue weighted by atomic mass is 15.0. The van der Waals surface area contributed by atoms with Crippen LogP contribution in [0.2, 0.25) is 0 Å². The third-order valence-electron chi connectivity index (χ3n) is 5.46. The number of rotatable bonds is 9. The van der Waals surface area contributed by atoms with E-state index in [0.717, 1.165) is 19.5 Å². The first-order chi connectivity index (χ1) is 11.5. The first kappa shape index (κ1) is 18.8. The van der Waals surface area contributed by atoms with Crippen LogP contribution in [0.3, 0.4) is 0 Å². The van der Waals surface area contributed by atoms with Crippen LogP contribution in [0.1, 0.15) is 55.8 Å². The Labute approximate surface area is 148 Å². The molecule has 0 aliphatic rings. The minimum atomic E-state index is 0.627. The van der Waals surface area contributed by atoms with E-state index in [9.17, 15) is 0 Å².